The van der Waals surface area contributed by atoms with E-state index < -0.39 is 22.7 Å². The summed E-state index contributed by atoms with van der Waals surface area (Å²) in [6.07, 6.45) is 1.43. The number of benzene rings is 2. The number of halogens is 2. The molecule has 4 N–H and O–H groups in total. The van der Waals surface area contributed by atoms with Crippen molar-refractivity contribution in [2.24, 2.45) is 5.41 Å². The number of carboxylic acids is 1. The van der Waals surface area contributed by atoms with Gasteiger partial charge in [0.2, 0.25) is 11.8 Å². The van der Waals surface area contributed by atoms with Gasteiger partial charge in [-0.05, 0) is 45.0 Å². The van der Waals surface area contributed by atoms with Crippen molar-refractivity contribution in [3.8, 4) is 11.5 Å². The predicted molar refractivity (Wildman–Crippen MR) is 152 cm³/mol. The topological polar surface area (TPSA) is 162 Å². The van der Waals surface area contributed by atoms with E-state index in [1.165, 1.54) is 12.3 Å². The van der Waals surface area contributed by atoms with Crippen LogP contribution in [0.5, 0.6) is 0 Å². The van der Waals surface area contributed by atoms with Crippen LogP contribution in [0.4, 0.5) is 16.0 Å². The van der Waals surface area contributed by atoms with E-state index >= 15 is 0 Å². The Kier molecular flexibility index (Phi) is 6.26. The van der Waals surface area contributed by atoms with Crippen molar-refractivity contribution >= 4 is 46.0 Å². The molecular weight excluding hydrogens is 565 g/mol. The highest BCUT2D eigenvalue weighted by atomic mass is 35.5. The predicted octanol–water partition coefficient (Wildman–Crippen LogP) is 4.82. The first-order chi connectivity index (χ1) is 19.9. The van der Waals surface area contributed by atoms with E-state index in [0.717, 1.165) is 0 Å². The molecule has 0 aliphatic carbocycles. The summed E-state index contributed by atoms with van der Waals surface area (Å²) < 4.78 is 21.8. The normalized spacial score (nSPS) is 16.5. The van der Waals surface area contributed by atoms with Crippen LogP contribution < -0.4 is 11.1 Å². The van der Waals surface area contributed by atoms with Gasteiger partial charge in [0, 0.05) is 22.4 Å². The van der Waals surface area contributed by atoms with Crippen LogP contribution in [0.15, 0.2) is 53.1 Å². The first-order valence-corrected chi connectivity index (χ1v) is 13.3. The van der Waals surface area contributed by atoms with E-state index in [1.54, 1.807) is 61.9 Å². The van der Waals surface area contributed by atoms with Gasteiger partial charge in [0.1, 0.15) is 29.4 Å². The second-order valence-electron chi connectivity index (χ2n) is 11.0. The van der Waals surface area contributed by atoms with Gasteiger partial charge >= 0.3 is 5.97 Å². The van der Waals surface area contributed by atoms with E-state index in [9.17, 15) is 19.1 Å². The molecule has 42 heavy (non-hydrogen) atoms. The fourth-order valence-corrected chi connectivity index (χ4v) is 5.25. The average Bonchev–Trinajstić information content (AvgIpc) is 3.60. The number of nitrogens with one attached hydrogen (secondary N) is 1. The number of hydrogen-bond donors (Lipinski definition) is 3. The molecule has 0 radical (unpaired) electrons. The maximum atomic E-state index is 14.5. The van der Waals surface area contributed by atoms with E-state index in [1.807, 2.05) is 0 Å². The summed E-state index contributed by atoms with van der Waals surface area (Å²) in [6.45, 7) is 4.87. The lowest BCUT2D eigenvalue weighted by Crippen LogP contribution is -2.33. The lowest BCUT2D eigenvalue weighted by molar-refractivity contribution is -0.146. The molecule has 1 amide bonds. The number of carbonyl (C=O) groups is 2. The van der Waals surface area contributed by atoms with Crippen LogP contribution >= 0.6 is 11.6 Å². The number of oxazole rings is 1. The fourth-order valence-electron chi connectivity index (χ4n) is 5.08. The number of nitrogens with zero attached hydrogens (tertiary/aromatic N) is 5. The molecule has 0 spiro atoms. The number of nitrogens with two attached hydrogens (primary N) is 1. The largest absolute Gasteiger partial charge is 0.481 e. The minimum atomic E-state index is -1.47. The van der Waals surface area contributed by atoms with Gasteiger partial charge in [-0.25, -0.2) is 19.3 Å². The Balaban J connectivity index is 1.42. The maximum Gasteiger partial charge on any atom is 0.309 e. The van der Waals surface area contributed by atoms with E-state index in [2.05, 4.69) is 25.4 Å². The highest BCUT2D eigenvalue weighted by Crippen LogP contribution is 2.45. The summed E-state index contributed by atoms with van der Waals surface area (Å²) in [5.41, 5.74) is 5.98. The number of amides is 1. The summed E-state index contributed by atoms with van der Waals surface area (Å²) in [5, 5.41) is 18.0. The Morgan fingerprint density at radius 1 is 1.21 bits per heavy atom. The SMILES string of the molecule is CC(C)(Cc1coc([C@]2(C)C(=O)Nc3nc(-c4nn(Cc5ccccc5F)c5cc(Cl)ccc45)nc(N)c32)n1)C(=O)O. The Morgan fingerprint density at radius 2 is 1.98 bits per heavy atom. The highest BCUT2D eigenvalue weighted by Gasteiger charge is 2.51. The minimum Gasteiger partial charge on any atom is -0.481 e. The number of carboxylic acid groups (broad SMARTS) is 1. The molecule has 214 valence electrons. The molecule has 0 fully saturated rings. The van der Waals surface area contributed by atoms with Crippen molar-refractivity contribution < 1.29 is 23.5 Å². The van der Waals surface area contributed by atoms with E-state index in [4.69, 9.17) is 21.8 Å². The average molecular weight is 590 g/mol. The van der Waals surface area contributed by atoms with Gasteiger partial charge in [0.25, 0.3) is 0 Å². The van der Waals surface area contributed by atoms with Crippen molar-refractivity contribution in [2.75, 3.05) is 11.1 Å². The van der Waals surface area contributed by atoms with E-state index in [-0.39, 0.29) is 47.7 Å². The van der Waals surface area contributed by atoms with Crippen LogP contribution in [0.25, 0.3) is 22.4 Å². The molecule has 5 aromatic rings. The van der Waals surface area contributed by atoms with Gasteiger partial charge in [0.15, 0.2) is 11.2 Å². The second-order valence-corrected chi connectivity index (χ2v) is 11.4. The Bertz CT molecular complexity index is 1920. The molecule has 0 unspecified atom stereocenters. The summed E-state index contributed by atoms with van der Waals surface area (Å²) in [6, 6.07) is 11.6. The van der Waals surface area contributed by atoms with Gasteiger partial charge < -0.3 is 20.6 Å². The number of hydrogen-bond acceptors (Lipinski definition) is 8. The van der Waals surface area contributed by atoms with Gasteiger partial charge in [-0.15, -0.1) is 0 Å². The third kappa shape index (κ3) is 4.35. The number of aliphatic carboxylic acids is 1. The second kappa shape index (κ2) is 9.62. The van der Waals surface area contributed by atoms with Crippen molar-refractivity contribution in [3.63, 3.8) is 0 Å². The van der Waals surface area contributed by atoms with Gasteiger partial charge in [0.05, 0.1) is 28.7 Å². The molecule has 2 aromatic carbocycles. The molecule has 0 saturated carbocycles. The number of aromatic nitrogens is 5. The van der Waals surface area contributed by atoms with Crippen molar-refractivity contribution in [1.29, 1.82) is 0 Å². The van der Waals surface area contributed by atoms with Crippen molar-refractivity contribution in [2.45, 2.75) is 39.2 Å². The molecule has 6 rings (SSSR count). The van der Waals surface area contributed by atoms with E-state index in [0.29, 0.717) is 32.9 Å². The van der Waals surface area contributed by atoms with Crippen molar-refractivity contribution in [3.05, 3.63) is 82.3 Å². The number of rotatable bonds is 7. The lowest BCUT2D eigenvalue weighted by Gasteiger charge is -2.19. The molecule has 4 heterocycles. The molecule has 0 saturated heterocycles. The Morgan fingerprint density at radius 3 is 2.71 bits per heavy atom. The monoisotopic (exact) mass is 589 g/mol. The minimum absolute atomic E-state index is 0.00670. The summed E-state index contributed by atoms with van der Waals surface area (Å²) >= 11 is 6.28. The standard InChI is InChI=1S/C29H25ClFN7O4/c1-28(2,27(40)41)11-16-13-42-26(33-16)29(3)20-22(32)34-24(35-23(20)36-25(29)39)21-17-9-8-15(30)10-19(17)38(37-21)12-14-6-4-5-7-18(14)31/h4-10,13H,11-12H2,1-3H3,(H,40,41)(H3,32,34,35,36,39)/t29-/m0/s1. The molecule has 1 atom stereocenters. The first-order valence-electron chi connectivity index (χ1n) is 13.0. The van der Waals surface area contributed by atoms with Crippen LogP contribution in [-0.2, 0) is 28.0 Å². The number of nitrogen functional groups attached to an aromatic ring is 1. The molecule has 1 aliphatic heterocycles. The third-order valence-electron chi connectivity index (χ3n) is 7.51. The lowest BCUT2D eigenvalue weighted by atomic mass is 9.84. The Labute approximate surface area is 243 Å². The number of carbonyl (C=O) groups excluding carboxylic acids is 1. The zero-order valence-corrected chi connectivity index (χ0v) is 23.5. The number of fused-ring (bicyclic) bond motifs is 2. The molecule has 11 nitrogen and oxygen atoms in total. The van der Waals surface area contributed by atoms with Crippen LogP contribution in [-0.4, -0.2) is 41.7 Å². The summed E-state index contributed by atoms with van der Waals surface area (Å²) in [5.74, 6) is -1.49. The number of anilines is 2. The zero-order chi connectivity index (χ0) is 30.0. The third-order valence-corrected chi connectivity index (χ3v) is 7.74. The summed E-state index contributed by atoms with van der Waals surface area (Å²) in [7, 11) is 0. The van der Waals surface area contributed by atoms with Gasteiger partial charge in [-0.3, -0.25) is 14.3 Å². The highest BCUT2D eigenvalue weighted by molar-refractivity contribution is 6.31. The smallest absolute Gasteiger partial charge is 0.309 e. The molecular formula is C29H25ClFN7O4. The van der Waals surface area contributed by atoms with Gasteiger partial charge in [-0.2, -0.15) is 5.10 Å². The van der Waals surface area contributed by atoms with Crippen molar-refractivity contribution in [1.82, 2.24) is 24.7 Å². The van der Waals surface area contributed by atoms with Crippen LogP contribution in [0.1, 0.15) is 43.5 Å². The molecule has 0 bridgehead atoms. The summed E-state index contributed by atoms with van der Waals surface area (Å²) in [4.78, 5) is 38.5. The van der Waals surface area contributed by atoms with Gasteiger partial charge in [-0.1, -0.05) is 29.8 Å². The fraction of sp³-hybridized carbons (Fsp3) is 0.241. The van der Waals surface area contributed by atoms with Crippen LogP contribution in [0, 0.1) is 11.2 Å². The molecule has 1 aliphatic rings. The maximum absolute atomic E-state index is 14.5. The van der Waals surface area contributed by atoms with Crippen LogP contribution in [0.3, 0.4) is 0 Å². The Hall–Kier alpha value is -4.84. The molecule has 13 heteroatoms. The first kappa shape index (κ1) is 27.3. The quantitative estimate of drug-likeness (QED) is 0.242. The molecule has 3 aromatic heterocycles. The van der Waals surface area contributed by atoms with Crippen LogP contribution in [0.2, 0.25) is 5.02 Å². The zero-order valence-electron chi connectivity index (χ0n) is 22.8.